The summed E-state index contributed by atoms with van der Waals surface area (Å²) in [5, 5.41) is 2.97. The summed E-state index contributed by atoms with van der Waals surface area (Å²) in [6, 6.07) is 24.0. The molecule has 2 heterocycles. The number of carbonyl (C=O) groups is 1. The molecule has 0 atom stereocenters. The number of carbonyl (C=O) groups excluding carboxylic acids is 1. The number of amides is 1. The fourth-order valence-corrected chi connectivity index (χ4v) is 4.15. The molecule has 0 spiro atoms. The van der Waals surface area contributed by atoms with Crippen LogP contribution in [0, 0.1) is 0 Å². The monoisotopic (exact) mass is 429 g/mol. The fourth-order valence-electron chi connectivity index (χ4n) is 4.15. The van der Waals surface area contributed by atoms with Gasteiger partial charge in [0.15, 0.2) is 11.5 Å². The summed E-state index contributed by atoms with van der Waals surface area (Å²) in [6.07, 6.45) is 0. The van der Waals surface area contributed by atoms with Crippen LogP contribution >= 0.6 is 0 Å². The number of fused-ring (bicyclic) bond motifs is 1. The Morgan fingerprint density at radius 2 is 1.53 bits per heavy atom. The second-order valence-corrected chi connectivity index (χ2v) is 8.11. The number of nitrogens with zero attached hydrogens (tertiary/aromatic N) is 2. The number of piperazine rings is 1. The SMILES string of the molecule is O=C(Nc1ccc(N2CCN(Cc3ccccc3)CC2)cc1)c1ccc2c(c1)OCCO2. The highest BCUT2D eigenvalue weighted by molar-refractivity contribution is 6.04. The van der Waals surface area contributed by atoms with Crippen LogP contribution in [0.1, 0.15) is 15.9 Å². The predicted molar refractivity (Wildman–Crippen MR) is 126 cm³/mol. The van der Waals surface area contributed by atoms with E-state index in [9.17, 15) is 4.79 Å². The van der Waals surface area contributed by atoms with Crippen molar-refractivity contribution in [2.24, 2.45) is 0 Å². The van der Waals surface area contributed by atoms with Crippen molar-refractivity contribution in [3.8, 4) is 11.5 Å². The van der Waals surface area contributed by atoms with Gasteiger partial charge in [-0.2, -0.15) is 0 Å². The molecule has 3 aromatic carbocycles. The lowest BCUT2D eigenvalue weighted by atomic mass is 10.1. The number of benzene rings is 3. The van der Waals surface area contributed by atoms with E-state index in [1.807, 2.05) is 12.1 Å². The maximum atomic E-state index is 12.6. The minimum Gasteiger partial charge on any atom is -0.486 e. The number of hydrogen-bond donors (Lipinski definition) is 1. The quantitative estimate of drug-likeness (QED) is 0.664. The van der Waals surface area contributed by atoms with Crippen molar-refractivity contribution in [3.63, 3.8) is 0 Å². The van der Waals surface area contributed by atoms with Crippen molar-refractivity contribution in [1.82, 2.24) is 4.90 Å². The van der Waals surface area contributed by atoms with Crippen molar-refractivity contribution in [2.45, 2.75) is 6.54 Å². The van der Waals surface area contributed by atoms with Crippen LogP contribution in [0.15, 0.2) is 72.8 Å². The third kappa shape index (κ3) is 4.70. The van der Waals surface area contributed by atoms with Gasteiger partial charge in [-0.05, 0) is 48.0 Å². The third-order valence-corrected chi connectivity index (χ3v) is 5.92. The summed E-state index contributed by atoms with van der Waals surface area (Å²) in [4.78, 5) is 17.5. The topological polar surface area (TPSA) is 54.0 Å². The summed E-state index contributed by atoms with van der Waals surface area (Å²) in [6.45, 7) is 6.10. The lowest BCUT2D eigenvalue weighted by molar-refractivity contribution is 0.102. The summed E-state index contributed by atoms with van der Waals surface area (Å²) in [7, 11) is 0. The van der Waals surface area contributed by atoms with E-state index < -0.39 is 0 Å². The molecule has 0 aliphatic carbocycles. The Hall–Kier alpha value is -3.51. The highest BCUT2D eigenvalue weighted by atomic mass is 16.6. The normalized spacial score (nSPS) is 15.9. The van der Waals surface area contributed by atoms with Gasteiger partial charge in [0, 0.05) is 49.7 Å². The van der Waals surface area contributed by atoms with Crippen molar-refractivity contribution < 1.29 is 14.3 Å². The smallest absolute Gasteiger partial charge is 0.255 e. The Labute approximate surface area is 188 Å². The average Bonchev–Trinajstić information content (AvgIpc) is 2.85. The first-order valence-corrected chi connectivity index (χ1v) is 11.1. The Kier molecular flexibility index (Phi) is 5.94. The Morgan fingerprint density at radius 3 is 2.28 bits per heavy atom. The van der Waals surface area contributed by atoms with Gasteiger partial charge in [-0.25, -0.2) is 0 Å². The van der Waals surface area contributed by atoms with Crippen LogP contribution < -0.4 is 19.7 Å². The van der Waals surface area contributed by atoms with Crippen molar-refractivity contribution in [1.29, 1.82) is 0 Å². The fraction of sp³-hybridized carbons (Fsp3) is 0.269. The Balaban J connectivity index is 1.16. The van der Waals surface area contributed by atoms with Crippen LogP contribution in [0.5, 0.6) is 11.5 Å². The molecule has 1 amide bonds. The van der Waals surface area contributed by atoms with Gasteiger partial charge in [0.05, 0.1) is 0 Å². The van der Waals surface area contributed by atoms with E-state index in [0.29, 0.717) is 30.3 Å². The van der Waals surface area contributed by atoms with E-state index in [-0.39, 0.29) is 5.91 Å². The lowest BCUT2D eigenvalue weighted by Gasteiger charge is -2.36. The molecule has 0 aromatic heterocycles. The first-order chi connectivity index (χ1) is 15.7. The number of rotatable bonds is 5. The molecule has 1 N–H and O–H groups in total. The molecule has 2 aliphatic rings. The zero-order valence-electron chi connectivity index (χ0n) is 18.0. The highest BCUT2D eigenvalue weighted by Gasteiger charge is 2.18. The highest BCUT2D eigenvalue weighted by Crippen LogP contribution is 2.31. The molecule has 0 radical (unpaired) electrons. The van der Waals surface area contributed by atoms with Crippen molar-refractivity contribution in [3.05, 3.63) is 83.9 Å². The van der Waals surface area contributed by atoms with Gasteiger partial charge in [-0.15, -0.1) is 0 Å². The summed E-state index contributed by atoms with van der Waals surface area (Å²) >= 11 is 0. The van der Waals surface area contributed by atoms with E-state index >= 15 is 0 Å². The molecule has 6 nitrogen and oxygen atoms in total. The molecule has 5 rings (SSSR count). The van der Waals surface area contributed by atoms with E-state index in [4.69, 9.17) is 9.47 Å². The second-order valence-electron chi connectivity index (χ2n) is 8.11. The van der Waals surface area contributed by atoms with Crippen molar-refractivity contribution >= 4 is 17.3 Å². The molecule has 0 unspecified atom stereocenters. The number of hydrogen-bond acceptors (Lipinski definition) is 5. The van der Waals surface area contributed by atoms with Crippen LogP contribution in [0.4, 0.5) is 11.4 Å². The summed E-state index contributed by atoms with van der Waals surface area (Å²) in [5.41, 5.74) is 3.87. The molecule has 3 aromatic rings. The Bertz CT molecular complexity index is 1060. The third-order valence-electron chi connectivity index (χ3n) is 5.92. The van der Waals surface area contributed by atoms with Gasteiger partial charge in [0.1, 0.15) is 13.2 Å². The largest absolute Gasteiger partial charge is 0.486 e. The van der Waals surface area contributed by atoms with E-state index in [1.165, 1.54) is 11.3 Å². The van der Waals surface area contributed by atoms with Gasteiger partial charge < -0.3 is 19.7 Å². The van der Waals surface area contributed by atoms with Crippen LogP contribution in [-0.2, 0) is 6.54 Å². The number of ether oxygens (including phenoxy) is 2. The van der Waals surface area contributed by atoms with Gasteiger partial charge in [0.25, 0.3) is 5.91 Å². The summed E-state index contributed by atoms with van der Waals surface area (Å²) < 4.78 is 11.1. The van der Waals surface area contributed by atoms with Crippen molar-refractivity contribution in [2.75, 3.05) is 49.6 Å². The van der Waals surface area contributed by atoms with Gasteiger partial charge in [-0.3, -0.25) is 9.69 Å². The van der Waals surface area contributed by atoms with Gasteiger partial charge in [0.2, 0.25) is 0 Å². The van der Waals surface area contributed by atoms with E-state index in [2.05, 4.69) is 57.6 Å². The lowest BCUT2D eigenvalue weighted by Crippen LogP contribution is -2.45. The molecule has 0 saturated carbocycles. The number of anilines is 2. The van der Waals surface area contributed by atoms with E-state index in [1.54, 1.807) is 18.2 Å². The Morgan fingerprint density at radius 1 is 0.812 bits per heavy atom. The van der Waals surface area contributed by atoms with Crippen LogP contribution in [0.3, 0.4) is 0 Å². The molecule has 1 saturated heterocycles. The number of nitrogens with one attached hydrogen (secondary N) is 1. The first-order valence-electron chi connectivity index (χ1n) is 11.1. The standard InChI is InChI=1S/C26H27N3O3/c30-26(21-6-11-24-25(18-21)32-17-16-31-24)27-22-7-9-23(10-8-22)29-14-12-28(13-15-29)19-20-4-2-1-3-5-20/h1-11,18H,12-17,19H2,(H,27,30). The first kappa shape index (κ1) is 20.4. The van der Waals surface area contributed by atoms with Crippen LogP contribution in [0.25, 0.3) is 0 Å². The van der Waals surface area contributed by atoms with Crippen LogP contribution in [0.2, 0.25) is 0 Å². The molecule has 0 bridgehead atoms. The molecular formula is C26H27N3O3. The summed E-state index contributed by atoms with van der Waals surface area (Å²) in [5.74, 6) is 1.14. The van der Waals surface area contributed by atoms with Gasteiger partial charge >= 0.3 is 0 Å². The molecular weight excluding hydrogens is 402 g/mol. The average molecular weight is 430 g/mol. The molecule has 1 fully saturated rings. The second kappa shape index (κ2) is 9.32. The zero-order valence-corrected chi connectivity index (χ0v) is 18.0. The maximum absolute atomic E-state index is 12.6. The minimum absolute atomic E-state index is 0.163. The van der Waals surface area contributed by atoms with E-state index in [0.717, 1.165) is 38.4 Å². The van der Waals surface area contributed by atoms with Crippen LogP contribution in [-0.4, -0.2) is 50.2 Å². The molecule has 164 valence electrons. The predicted octanol–water partition coefficient (Wildman–Crippen LogP) is 4.03. The molecule has 32 heavy (non-hydrogen) atoms. The van der Waals surface area contributed by atoms with Gasteiger partial charge in [-0.1, -0.05) is 30.3 Å². The molecule has 6 heteroatoms. The minimum atomic E-state index is -0.163. The maximum Gasteiger partial charge on any atom is 0.255 e. The zero-order chi connectivity index (χ0) is 21.8. The molecule has 2 aliphatic heterocycles.